The molecular weight excluding hydrogens is 574 g/mol. The summed E-state index contributed by atoms with van der Waals surface area (Å²) in [5, 5.41) is 13.4. The van der Waals surface area contributed by atoms with Gasteiger partial charge in [0.1, 0.15) is 0 Å². The van der Waals surface area contributed by atoms with Crippen LogP contribution < -0.4 is 10.5 Å². The number of Topliss-reactive ketones (excluding diaryl/α,β-unsaturated/α-hetero) is 1. The van der Waals surface area contributed by atoms with Gasteiger partial charge in [0, 0.05) is 5.02 Å². The van der Waals surface area contributed by atoms with E-state index in [1.807, 2.05) is 47.9 Å². The van der Waals surface area contributed by atoms with Crippen LogP contribution in [0.25, 0.3) is 5.52 Å². The number of aromatic nitrogens is 5. The van der Waals surface area contributed by atoms with E-state index in [4.69, 9.17) is 22.1 Å². The molecule has 35 heavy (non-hydrogen) atoms. The molecular formula is C24H27ClN6O3Sn. The number of carbonyl (C=O) groups is 2. The molecule has 1 amide bonds. The molecule has 2 N–H and O–H groups in total. The number of primary amides is 1. The molecule has 0 radical (unpaired) electrons. The Hall–Kier alpha value is -2.92. The maximum absolute atomic E-state index is 13.0. The fourth-order valence-corrected chi connectivity index (χ4v) is 6.31. The standard InChI is InChI=1S/C21H19ClN6O3.3CH3.Sn/c1-2-14-15(10-12-5-3-6-13(22)9-12)28-8-4-7-16(31-11-17-24-26-27-25-17)19(28)18(14)20(29)21(23)30;;;;/h3-9H,2,10-11H2,1H3,(H3,23,24,25,26,27,30);3*1H3;/q;;;;+1/p-1. The molecule has 3 aromatic heterocycles. The average Bonchev–Trinajstić information content (AvgIpc) is 3.40. The van der Waals surface area contributed by atoms with Gasteiger partial charge in [0.25, 0.3) is 0 Å². The van der Waals surface area contributed by atoms with Gasteiger partial charge in [-0.1, -0.05) is 17.7 Å². The van der Waals surface area contributed by atoms with Crippen LogP contribution >= 0.6 is 11.6 Å². The minimum Gasteiger partial charge on any atom is -0.0843 e. The van der Waals surface area contributed by atoms with Gasteiger partial charge in [-0.2, -0.15) is 0 Å². The summed E-state index contributed by atoms with van der Waals surface area (Å²) >= 11 is 3.66. The number of nitrogens with two attached hydrogens (primary N) is 1. The summed E-state index contributed by atoms with van der Waals surface area (Å²) in [6.07, 6.45) is 2.89. The first kappa shape index (κ1) is 25.2. The number of ether oxygens (including phenoxy) is 1. The average molecular weight is 602 g/mol. The SMILES string of the molecule is CCc1c(C(=O)C(N)=O)c2c(OCc3nn[n]([Sn]([CH3])([CH3])[CH3])n3)cccn2c1Cc1cccc(Cl)c1. The molecule has 11 heteroatoms. The predicted octanol–water partition coefficient (Wildman–Crippen LogP) is 3.66. The zero-order valence-electron chi connectivity index (χ0n) is 20.1. The second-order valence-corrected chi connectivity index (χ2v) is 23.2. The van der Waals surface area contributed by atoms with Gasteiger partial charge < -0.3 is 0 Å². The van der Waals surface area contributed by atoms with Crippen LogP contribution in [0, 0.1) is 0 Å². The Morgan fingerprint density at radius 2 is 1.94 bits per heavy atom. The quantitative estimate of drug-likeness (QED) is 0.178. The van der Waals surface area contributed by atoms with Crippen molar-refractivity contribution in [1.29, 1.82) is 0 Å². The first-order valence-corrected chi connectivity index (χ1v) is 21.5. The van der Waals surface area contributed by atoms with E-state index in [2.05, 4.69) is 30.2 Å². The van der Waals surface area contributed by atoms with E-state index in [1.165, 1.54) is 0 Å². The number of rotatable bonds is 9. The molecule has 4 rings (SSSR count). The Labute approximate surface area is 212 Å². The van der Waals surface area contributed by atoms with Gasteiger partial charge in [-0.25, -0.2) is 0 Å². The van der Waals surface area contributed by atoms with Crippen molar-refractivity contribution in [3.63, 3.8) is 0 Å². The van der Waals surface area contributed by atoms with Gasteiger partial charge in [-0.3, -0.25) is 0 Å². The molecule has 0 bridgehead atoms. The van der Waals surface area contributed by atoms with Crippen molar-refractivity contribution in [2.24, 2.45) is 5.73 Å². The minimum atomic E-state index is -2.53. The number of halogens is 1. The Bertz CT molecular complexity index is 1420. The smallest absolute Gasteiger partial charge is 0.0843 e. The zero-order valence-corrected chi connectivity index (χ0v) is 23.7. The topological polar surface area (TPSA) is 117 Å². The molecule has 0 spiro atoms. The molecule has 1 aromatic carbocycles. The van der Waals surface area contributed by atoms with Gasteiger partial charge in [-0.15, -0.1) is 0 Å². The van der Waals surface area contributed by atoms with Crippen molar-refractivity contribution in [2.75, 3.05) is 0 Å². The number of carbonyl (C=O) groups excluding carboxylic acids is 2. The summed E-state index contributed by atoms with van der Waals surface area (Å²) in [5.74, 6) is -0.889. The zero-order chi connectivity index (χ0) is 25.3. The summed E-state index contributed by atoms with van der Waals surface area (Å²) in [6, 6.07) is 11.1. The van der Waals surface area contributed by atoms with Gasteiger partial charge in [0.15, 0.2) is 0 Å². The van der Waals surface area contributed by atoms with E-state index >= 15 is 0 Å². The fourth-order valence-electron chi connectivity index (χ4n) is 4.01. The normalized spacial score (nSPS) is 11.7. The van der Waals surface area contributed by atoms with Crippen LogP contribution in [0.1, 0.15) is 39.9 Å². The molecule has 9 nitrogen and oxygen atoms in total. The Morgan fingerprint density at radius 1 is 1.17 bits per heavy atom. The van der Waals surface area contributed by atoms with E-state index in [1.54, 1.807) is 9.08 Å². The van der Waals surface area contributed by atoms with E-state index in [-0.39, 0.29) is 12.2 Å². The second kappa shape index (κ2) is 9.98. The number of pyridine rings is 1. The molecule has 0 aliphatic carbocycles. The van der Waals surface area contributed by atoms with Crippen LogP contribution in [0.15, 0.2) is 42.6 Å². The van der Waals surface area contributed by atoms with Gasteiger partial charge in [0.05, 0.1) is 0 Å². The van der Waals surface area contributed by atoms with Crippen molar-refractivity contribution >= 4 is 47.5 Å². The number of amides is 1. The molecule has 0 saturated carbocycles. The van der Waals surface area contributed by atoms with Crippen LogP contribution in [-0.4, -0.2) is 53.2 Å². The van der Waals surface area contributed by atoms with Crippen LogP contribution in [0.2, 0.25) is 19.8 Å². The molecule has 3 heterocycles. The third-order valence-corrected chi connectivity index (χ3v) is 9.81. The number of nitrogens with zero attached hydrogens (tertiary/aromatic N) is 5. The van der Waals surface area contributed by atoms with Gasteiger partial charge in [0.2, 0.25) is 0 Å². The third kappa shape index (κ3) is 5.20. The molecule has 0 atom stereocenters. The molecule has 4 aromatic rings. The Morgan fingerprint density at radius 3 is 2.57 bits per heavy atom. The summed E-state index contributed by atoms with van der Waals surface area (Å²) in [6.45, 7) is 2.01. The number of hydrogen-bond donors (Lipinski definition) is 1. The van der Waals surface area contributed by atoms with Crippen LogP contribution in [0.4, 0.5) is 0 Å². The number of hydrogen-bond acceptors (Lipinski definition) is 6. The molecule has 182 valence electrons. The molecule has 0 saturated heterocycles. The maximum atomic E-state index is 13.0. The number of fused-ring (bicyclic) bond motifs is 1. The van der Waals surface area contributed by atoms with Crippen LogP contribution in [0.5, 0.6) is 5.75 Å². The first-order valence-electron chi connectivity index (χ1n) is 11.3. The number of benzene rings is 1. The Balaban J connectivity index is 1.81. The van der Waals surface area contributed by atoms with Crippen molar-refractivity contribution in [2.45, 2.75) is 41.2 Å². The van der Waals surface area contributed by atoms with Crippen molar-refractivity contribution in [3.8, 4) is 5.75 Å². The van der Waals surface area contributed by atoms with Gasteiger partial charge in [-0.05, 0) is 6.07 Å². The Kier molecular flexibility index (Phi) is 7.18. The van der Waals surface area contributed by atoms with Crippen molar-refractivity contribution in [1.82, 2.24) is 22.8 Å². The predicted molar refractivity (Wildman–Crippen MR) is 135 cm³/mol. The summed E-state index contributed by atoms with van der Waals surface area (Å²) < 4.78 is 9.70. The number of ketones is 1. The second-order valence-electron chi connectivity index (χ2n) is 9.20. The summed E-state index contributed by atoms with van der Waals surface area (Å²) in [5.41, 5.74) is 8.78. The van der Waals surface area contributed by atoms with E-state index in [0.717, 1.165) is 16.8 Å². The van der Waals surface area contributed by atoms with Crippen molar-refractivity contribution < 1.29 is 14.3 Å². The van der Waals surface area contributed by atoms with Crippen LogP contribution in [0.3, 0.4) is 0 Å². The summed E-state index contributed by atoms with van der Waals surface area (Å²) in [7, 11) is 0. The van der Waals surface area contributed by atoms with Crippen molar-refractivity contribution in [3.05, 3.63) is 75.8 Å². The third-order valence-electron chi connectivity index (χ3n) is 5.61. The monoisotopic (exact) mass is 602 g/mol. The molecule has 0 aliphatic rings. The molecule has 0 unspecified atom stereocenters. The van der Waals surface area contributed by atoms with E-state index in [9.17, 15) is 9.59 Å². The minimum absolute atomic E-state index is 0.0715. The van der Waals surface area contributed by atoms with E-state index in [0.29, 0.717) is 35.0 Å². The first-order chi connectivity index (χ1) is 16.6. The van der Waals surface area contributed by atoms with Crippen LogP contribution in [-0.2, 0) is 24.2 Å². The van der Waals surface area contributed by atoms with Gasteiger partial charge >= 0.3 is 184 Å². The molecule has 0 fully saturated rings. The van der Waals surface area contributed by atoms with E-state index < -0.39 is 30.3 Å². The number of tetrazole rings is 1. The summed E-state index contributed by atoms with van der Waals surface area (Å²) in [4.78, 5) is 31.5. The fraction of sp³-hybridized carbons (Fsp3) is 0.292. The molecule has 0 aliphatic heterocycles.